The van der Waals surface area contributed by atoms with Crippen molar-refractivity contribution in [3.63, 3.8) is 0 Å². The van der Waals surface area contributed by atoms with Crippen molar-refractivity contribution in [1.82, 2.24) is 35.0 Å². The predicted octanol–water partition coefficient (Wildman–Crippen LogP) is 2.74. The van der Waals surface area contributed by atoms with Gasteiger partial charge in [0.15, 0.2) is 5.65 Å². The number of aliphatic hydroxyl groups excluding tert-OH is 1. The largest absolute Gasteiger partial charge is 0.389 e. The summed E-state index contributed by atoms with van der Waals surface area (Å²) in [4.78, 5) is 28.5. The number of aromatic amines is 1. The number of nitrogens with zero attached hydrogens (tertiary/aromatic N) is 5. The van der Waals surface area contributed by atoms with Gasteiger partial charge in [-0.05, 0) is 17.7 Å². The maximum absolute atomic E-state index is 12.7. The minimum Gasteiger partial charge on any atom is -0.389 e. The average molecular weight is 467 g/mol. The fraction of sp³-hybridized carbons (Fsp3) is 0.160. The second-order valence-electron chi connectivity index (χ2n) is 8.49. The molecule has 0 aliphatic heterocycles. The summed E-state index contributed by atoms with van der Waals surface area (Å²) in [6, 6.07) is 13.1. The number of hydrogen-bond donors (Lipinski definition) is 4. The fourth-order valence-electron chi connectivity index (χ4n) is 4.48. The Balaban J connectivity index is 1.25. The van der Waals surface area contributed by atoms with E-state index in [4.69, 9.17) is 10.8 Å². The molecule has 5 aromatic rings. The Morgan fingerprint density at radius 2 is 2.00 bits per heavy atom. The highest BCUT2D eigenvalue weighted by Gasteiger charge is 2.25. The van der Waals surface area contributed by atoms with Crippen LogP contribution in [0.25, 0.3) is 33.3 Å². The molecule has 10 heteroatoms. The quantitative estimate of drug-likeness (QED) is 0.291. The monoisotopic (exact) mass is 466 g/mol. The molecule has 5 N–H and O–H groups in total. The Morgan fingerprint density at radius 3 is 2.80 bits per heavy atom. The summed E-state index contributed by atoms with van der Waals surface area (Å²) >= 11 is 0. The molecular weight excluding hydrogens is 444 g/mol. The molecule has 0 saturated heterocycles. The van der Waals surface area contributed by atoms with Gasteiger partial charge in [-0.25, -0.2) is 19.6 Å². The summed E-state index contributed by atoms with van der Waals surface area (Å²) in [6.45, 7) is 0.366. The number of para-hydroxylation sites is 1. The number of aromatic nitrogens is 6. The van der Waals surface area contributed by atoms with Crippen LogP contribution in [0.2, 0.25) is 0 Å². The third-order valence-corrected chi connectivity index (χ3v) is 6.25. The number of carbonyl (C=O) groups excluding carboxylic acids is 1. The van der Waals surface area contributed by atoms with Crippen molar-refractivity contribution in [1.29, 1.82) is 0 Å². The van der Waals surface area contributed by atoms with Gasteiger partial charge in [-0.2, -0.15) is 5.10 Å². The van der Waals surface area contributed by atoms with Crippen molar-refractivity contribution >= 4 is 33.8 Å². The Hall–Kier alpha value is -4.57. The van der Waals surface area contributed by atoms with Crippen LogP contribution >= 0.6 is 0 Å². The number of hydrogen-bond acceptors (Lipinski definition) is 7. The van der Waals surface area contributed by atoms with E-state index in [1.807, 2.05) is 42.5 Å². The van der Waals surface area contributed by atoms with Gasteiger partial charge in [-0.3, -0.25) is 4.79 Å². The average Bonchev–Trinajstić information content (AvgIpc) is 3.61. The van der Waals surface area contributed by atoms with Gasteiger partial charge in [0.2, 0.25) is 0 Å². The molecule has 3 aromatic heterocycles. The summed E-state index contributed by atoms with van der Waals surface area (Å²) in [7, 11) is 0. The summed E-state index contributed by atoms with van der Waals surface area (Å²) in [5.41, 5.74) is 11.3. The first-order chi connectivity index (χ1) is 17.1. The molecule has 2 aromatic carbocycles. The number of allylic oxidation sites excluding steroid dienone is 1. The smallest absolute Gasteiger partial charge is 0.253 e. The molecule has 0 saturated carbocycles. The molecule has 2 atom stereocenters. The van der Waals surface area contributed by atoms with Crippen LogP contribution in [0.3, 0.4) is 0 Å². The van der Waals surface area contributed by atoms with E-state index in [0.717, 1.165) is 16.6 Å². The van der Waals surface area contributed by atoms with E-state index in [9.17, 15) is 9.90 Å². The van der Waals surface area contributed by atoms with E-state index in [2.05, 4.69) is 25.3 Å². The lowest BCUT2D eigenvalue weighted by Crippen LogP contribution is -2.23. The summed E-state index contributed by atoms with van der Waals surface area (Å²) in [5.74, 6) is 0.163. The Kier molecular flexibility index (Phi) is 5.00. The van der Waals surface area contributed by atoms with E-state index in [0.29, 0.717) is 46.6 Å². The van der Waals surface area contributed by atoms with Gasteiger partial charge < -0.3 is 21.1 Å². The van der Waals surface area contributed by atoms with Crippen molar-refractivity contribution in [2.45, 2.75) is 25.1 Å². The molecular formula is C25H22N8O2. The van der Waals surface area contributed by atoms with Gasteiger partial charge in [-0.1, -0.05) is 42.5 Å². The number of nitrogens with one attached hydrogen (secondary N) is 2. The molecule has 1 aliphatic rings. The first-order valence-electron chi connectivity index (χ1n) is 11.2. The van der Waals surface area contributed by atoms with E-state index < -0.39 is 6.10 Å². The molecule has 2 unspecified atom stereocenters. The van der Waals surface area contributed by atoms with Gasteiger partial charge in [0.25, 0.3) is 5.91 Å². The number of aliphatic hydroxyl groups is 1. The van der Waals surface area contributed by atoms with E-state index in [-0.39, 0.29) is 11.9 Å². The van der Waals surface area contributed by atoms with Gasteiger partial charge in [0.05, 0.1) is 34.9 Å². The standard InChI is InChI=1S/C25H22N8O2/c26-23-20-21(32-33(24(20)31-13-30-23)16-8-9-17(34)10-16)15-6-4-14(5-7-15)11-27-25(35)18-2-1-3-19-22(18)29-12-28-19/h1-9,12-13,16-17,34H,10-11H2,(H,27,35)(H,28,29)(H2,26,30,31). The normalized spacial score (nSPS) is 17.4. The molecule has 0 spiro atoms. The summed E-state index contributed by atoms with van der Waals surface area (Å²) in [6.07, 6.45) is 6.71. The highest BCUT2D eigenvalue weighted by Crippen LogP contribution is 2.34. The highest BCUT2D eigenvalue weighted by atomic mass is 16.3. The van der Waals surface area contributed by atoms with Crippen molar-refractivity contribution < 1.29 is 9.90 Å². The zero-order chi connectivity index (χ0) is 23.9. The number of benzene rings is 2. The van der Waals surface area contributed by atoms with E-state index >= 15 is 0 Å². The Bertz CT molecular complexity index is 1580. The SMILES string of the molecule is Nc1ncnc2c1c(-c1ccc(CNC(=O)c3cccc4[nH]cnc34)cc1)nn2C1C=CC(O)C1. The number of imidazole rings is 1. The lowest BCUT2D eigenvalue weighted by atomic mass is 10.1. The maximum atomic E-state index is 12.7. The second kappa shape index (κ2) is 8.33. The van der Waals surface area contributed by atoms with Crippen LogP contribution in [0.15, 0.2) is 67.3 Å². The molecule has 35 heavy (non-hydrogen) atoms. The number of H-pyrrole nitrogens is 1. The van der Waals surface area contributed by atoms with Crippen LogP contribution < -0.4 is 11.1 Å². The number of nitrogens with two attached hydrogens (primary N) is 1. The third kappa shape index (κ3) is 3.69. The number of fused-ring (bicyclic) bond motifs is 2. The van der Waals surface area contributed by atoms with Crippen molar-refractivity contribution in [2.24, 2.45) is 0 Å². The predicted molar refractivity (Wildman–Crippen MR) is 131 cm³/mol. The zero-order valence-electron chi connectivity index (χ0n) is 18.6. The number of amides is 1. The van der Waals surface area contributed by atoms with Gasteiger partial charge >= 0.3 is 0 Å². The van der Waals surface area contributed by atoms with Crippen molar-refractivity contribution in [3.05, 3.63) is 78.4 Å². The van der Waals surface area contributed by atoms with Gasteiger partial charge in [0, 0.05) is 18.5 Å². The van der Waals surface area contributed by atoms with Crippen LogP contribution in [-0.2, 0) is 6.54 Å². The molecule has 174 valence electrons. The summed E-state index contributed by atoms with van der Waals surface area (Å²) < 4.78 is 1.79. The van der Waals surface area contributed by atoms with E-state index in [1.54, 1.807) is 23.2 Å². The Morgan fingerprint density at radius 1 is 1.14 bits per heavy atom. The highest BCUT2D eigenvalue weighted by molar-refractivity contribution is 6.04. The molecule has 0 radical (unpaired) electrons. The van der Waals surface area contributed by atoms with E-state index in [1.165, 1.54) is 6.33 Å². The lowest BCUT2D eigenvalue weighted by molar-refractivity contribution is 0.0952. The van der Waals surface area contributed by atoms with Crippen molar-refractivity contribution in [2.75, 3.05) is 5.73 Å². The second-order valence-corrected chi connectivity index (χ2v) is 8.49. The number of carbonyl (C=O) groups is 1. The minimum atomic E-state index is -0.503. The number of nitrogen functional groups attached to an aromatic ring is 1. The first-order valence-corrected chi connectivity index (χ1v) is 11.2. The lowest BCUT2D eigenvalue weighted by Gasteiger charge is -2.10. The molecule has 0 bridgehead atoms. The van der Waals surface area contributed by atoms with Crippen LogP contribution in [-0.4, -0.2) is 46.8 Å². The maximum Gasteiger partial charge on any atom is 0.253 e. The molecule has 0 fully saturated rings. The van der Waals surface area contributed by atoms with Crippen LogP contribution in [0.4, 0.5) is 5.82 Å². The first kappa shape index (κ1) is 21.0. The topological polar surface area (TPSA) is 148 Å². The Labute approximate surface area is 199 Å². The molecule has 6 rings (SSSR count). The molecule has 3 heterocycles. The van der Waals surface area contributed by atoms with Gasteiger partial charge in [0.1, 0.15) is 23.4 Å². The molecule has 1 aliphatic carbocycles. The molecule has 1 amide bonds. The van der Waals surface area contributed by atoms with Crippen LogP contribution in [0.1, 0.15) is 28.4 Å². The van der Waals surface area contributed by atoms with Crippen molar-refractivity contribution in [3.8, 4) is 11.3 Å². The molecule has 10 nitrogen and oxygen atoms in total. The minimum absolute atomic E-state index is 0.107. The zero-order valence-corrected chi connectivity index (χ0v) is 18.6. The fourth-order valence-corrected chi connectivity index (χ4v) is 4.48. The van der Waals surface area contributed by atoms with Crippen LogP contribution in [0.5, 0.6) is 0 Å². The van der Waals surface area contributed by atoms with Gasteiger partial charge in [-0.15, -0.1) is 0 Å². The third-order valence-electron chi connectivity index (χ3n) is 6.25. The van der Waals surface area contributed by atoms with Crippen LogP contribution in [0, 0.1) is 0 Å². The number of anilines is 1. The summed E-state index contributed by atoms with van der Waals surface area (Å²) in [5, 5.41) is 18.4. The number of rotatable bonds is 5.